The maximum absolute atomic E-state index is 12.0. The van der Waals surface area contributed by atoms with E-state index in [1.165, 1.54) is 0 Å². The van der Waals surface area contributed by atoms with E-state index in [4.69, 9.17) is 10.8 Å². The average molecular weight is 302 g/mol. The Kier molecular flexibility index (Phi) is 5.09. The van der Waals surface area contributed by atoms with Crippen molar-refractivity contribution in [3.05, 3.63) is 23.8 Å². The van der Waals surface area contributed by atoms with Crippen molar-refractivity contribution in [3.63, 3.8) is 0 Å². The van der Waals surface area contributed by atoms with Crippen LogP contribution in [0.25, 0.3) is 0 Å². The number of carboxylic acid groups (broad SMARTS) is 1. The lowest BCUT2D eigenvalue weighted by Crippen LogP contribution is -2.35. The minimum absolute atomic E-state index is 0.0931. The summed E-state index contributed by atoms with van der Waals surface area (Å²) in [6.45, 7) is 3.38. The Morgan fingerprint density at radius 1 is 1.40 bits per heavy atom. The number of sulfonamides is 1. The van der Waals surface area contributed by atoms with Crippen molar-refractivity contribution in [1.82, 2.24) is 4.72 Å². The molecule has 8 heteroatoms. The molecule has 0 amide bonds. The van der Waals surface area contributed by atoms with Gasteiger partial charge >= 0.3 is 5.97 Å². The van der Waals surface area contributed by atoms with Crippen molar-refractivity contribution < 1.29 is 23.4 Å². The number of nitrogens with one attached hydrogen (secondary N) is 1. The number of aromatic carboxylic acids is 1. The first-order valence-corrected chi connectivity index (χ1v) is 7.44. The third-order valence-corrected chi connectivity index (χ3v) is 4.30. The topological polar surface area (TPSA) is 130 Å². The first-order chi connectivity index (χ1) is 9.15. The molecule has 0 aromatic heterocycles. The summed E-state index contributed by atoms with van der Waals surface area (Å²) in [5, 5.41) is 18.4. The van der Waals surface area contributed by atoms with Crippen LogP contribution < -0.4 is 10.5 Å². The van der Waals surface area contributed by atoms with E-state index in [0.29, 0.717) is 0 Å². The zero-order chi connectivity index (χ0) is 15.5. The van der Waals surface area contributed by atoms with Crippen LogP contribution in [0.1, 0.15) is 24.2 Å². The van der Waals surface area contributed by atoms with Crippen molar-refractivity contribution in [2.24, 2.45) is 5.92 Å². The number of hydrogen-bond acceptors (Lipinski definition) is 5. The zero-order valence-electron chi connectivity index (χ0n) is 11.2. The number of carbonyl (C=O) groups is 1. The van der Waals surface area contributed by atoms with E-state index in [9.17, 15) is 18.3 Å². The van der Waals surface area contributed by atoms with Crippen LogP contribution in [0, 0.1) is 5.92 Å². The summed E-state index contributed by atoms with van der Waals surface area (Å²) in [6, 6.07) is 3.37. The highest BCUT2D eigenvalue weighted by molar-refractivity contribution is 7.89. The molecule has 1 rings (SSSR count). The van der Waals surface area contributed by atoms with Crippen LogP contribution >= 0.6 is 0 Å². The first-order valence-electron chi connectivity index (χ1n) is 5.95. The summed E-state index contributed by atoms with van der Waals surface area (Å²) in [6.07, 6.45) is -0.815. The molecular formula is C12H18N2O5S. The number of benzene rings is 1. The van der Waals surface area contributed by atoms with E-state index in [1.54, 1.807) is 13.8 Å². The highest BCUT2D eigenvalue weighted by Crippen LogP contribution is 2.19. The number of aliphatic hydroxyl groups excluding tert-OH is 1. The predicted molar refractivity (Wildman–Crippen MR) is 73.8 cm³/mol. The molecule has 0 saturated carbocycles. The summed E-state index contributed by atoms with van der Waals surface area (Å²) >= 11 is 0. The summed E-state index contributed by atoms with van der Waals surface area (Å²) in [5.41, 5.74) is 5.32. The molecule has 0 aliphatic heterocycles. The van der Waals surface area contributed by atoms with Gasteiger partial charge in [0.15, 0.2) is 0 Å². The number of anilines is 1. The van der Waals surface area contributed by atoms with Crippen molar-refractivity contribution >= 4 is 21.7 Å². The van der Waals surface area contributed by atoms with Gasteiger partial charge in [-0.05, 0) is 24.1 Å². The molecule has 0 aliphatic rings. The van der Waals surface area contributed by atoms with Gasteiger partial charge < -0.3 is 15.9 Å². The lowest BCUT2D eigenvalue weighted by Gasteiger charge is -2.16. The highest BCUT2D eigenvalue weighted by Gasteiger charge is 2.20. The minimum Gasteiger partial charge on any atom is -0.478 e. The lowest BCUT2D eigenvalue weighted by molar-refractivity contribution is 0.0697. The molecule has 0 bridgehead atoms. The fourth-order valence-electron chi connectivity index (χ4n) is 1.43. The van der Waals surface area contributed by atoms with E-state index >= 15 is 0 Å². The van der Waals surface area contributed by atoms with Gasteiger partial charge in [0.25, 0.3) is 0 Å². The van der Waals surface area contributed by atoms with Crippen LogP contribution in [0.2, 0.25) is 0 Å². The second-order valence-electron chi connectivity index (χ2n) is 4.72. The fourth-order valence-corrected chi connectivity index (χ4v) is 2.60. The average Bonchev–Trinajstić information content (AvgIpc) is 2.35. The van der Waals surface area contributed by atoms with E-state index in [2.05, 4.69) is 4.72 Å². The lowest BCUT2D eigenvalue weighted by atomic mass is 10.1. The van der Waals surface area contributed by atoms with Crippen LogP contribution in [0.4, 0.5) is 5.69 Å². The number of hydrogen-bond donors (Lipinski definition) is 4. The standard InChI is InChI=1S/C12H18N2O5S/c1-7(2)10(15)6-14-20(18,19)11-4-3-8(12(16)17)5-9(11)13/h3-5,7,10,14-15H,6,13H2,1-2H3,(H,16,17). The van der Waals surface area contributed by atoms with Crippen LogP contribution in [0.3, 0.4) is 0 Å². The molecule has 5 N–H and O–H groups in total. The molecule has 0 radical (unpaired) electrons. The van der Waals surface area contributed by atoms with Gasteiger partial charge in [-0.2, -0.15) is 0 Å². The summed E-state index contributed by atoms with van der Waals surface area (Å²) < 4.78 is 26.3. The van der Waals surface area contributed by atoms with Crippen LogP contribution in [-0.2, 0) is 10.0 Å². The number of carboxylic acids is 1. The largest absolute Gasteiger partial charge is 0.478 e. The van der Waals surface area contributed by atoms with E-state index in [0.717, 1.165) is 18.2 Å². The molecule has 1 aromatic rings. The van der Waals surface area contributed by atoms with Gasteiger partial charge in [0.2, 0.25) is 10.0 Å². The normalized spacial score (nSPS) is 13.4. The second kappa shape index (κ2) is 6.21. The van der Waals surface area contributed by atoms with E-state index < -0.39 is 22.1 Å². The molecule has 7 nitrogen and oxygen atoms in total. The molecular weight excluding hydrogens is 284 g/mol. The van der Waals surface area contributed by atoms with Crippen LogP contribution in [0.5, 0.6) is 0 Å². The van der Waals surface area contributed by atoms with Gasteiger partial charge in [0.05, 0.1) is 17.4 Å². The van der Waals surface area contributed by atoms with Crippen LogP contribution in [0.15, 0.2) is 23.1 Å². The number of aliphatic hydroxyl groups is 1. The number of nitrogen functional groups attached to an aromatic ring is 1. The Bertz CT molecular complexity index is 598. The third kappa shape index (κ3) is 3.92. The van der Waals surface area contributed by atoms with E-state index in [-0.39, 0.29) is 28.6 Å². The van der Waals surface area contributed by atoms with E-state index in [1.807, 2.05) is 0 Å². The van der Waals surface area contributed by atoms with Crippen molar-refractivity contribution in [1.29, 1.82) is 0 Å². The monoisotopic (exact) mass is 302 g/mol. The van der Waals surface area contributed by atoms with Gasteiger partial charge in [-0.15, -0.1) is 0 Å². The fraction of sp³-hybridized carbons (Fsp3) is 0.417. The molecule has 0 saturated heterocycles. The molecule has 20 heavy (non-hydrogen) atoms. The van der Waals surface area contributed by atoms with Crippen molar-refractivity contribution in [2.45, 2.75) is 24.8 Å². The smallest absolute Gasteiger partial charge is 0.335 e. The molecule has 0 fully saturated rings. The number of nitrogens with two attached hydrogens (primary N) is 1. The maximum Gasteiger partial charge on any atom is 0.335 e. The van der Waals surface area contributed by atoms with Gasteiger partial charge in [-0.1, -0.05) is 13.8 Å². The summed E-state index contributed by atoms with van der Waals surface area (Å²) in [5.74, 6) is -1.28. The Labute approximate surface area is 117 Å². The van der Waals surface area contributed by atoms with Gasteiger partial charge in [-0.25, -0.2) is 17.9 Å². The molecule has 1 atom stereocenters. The predicted octanol–water partition coefficient (Wildman–Crippen LogP) is 0.262. The Morgan fingerprint density at radius 2 is 2.00 bits per heavy atom. The highest BCUT2D eigenvalue weighted by atomic mass is 32.2. The summed E-state index contributed by atoms with van der Waals surface area (Å²) in [7, 11) is -3.89. The maximum atomic E-state index is 12.0. The molecule has 1 unspecified atom stereocenters. The van der Waals surface area contributed by atoms with Crippen molar-refractivity contribution in [3.8, 4) is 0 Å². The molecule has 0 heterocycles. The quantitative estimate of drug-likeness (QED) is 0.558. The Balaban J connectivity index is 2.96. The van der Waals surface area contributed by atoms with Crippen LogP contribution in [-0.4, -0.2) is 37.2 Å². The second-order valence-corrected chi connectivity index (χ2v) is 6.46. The summed E-state index contributed by atoms with van der Waals surface area (Å²) in [4.78, 5) is 10.5. The number of rotatable bonds is 6. The minimum atomic E-state index is -3.89. The third-order valence-electron chi connectivity index (χ3n) is 2.80. The van der Waals surface area contributed by atoms with Gasteiger partial charge in [0, 0.05) is 6.54 Å². The van der Waals surface area contributed by atoms with Crippen molar-refractivity contribution in [2.75, 3.05) is 12.3 Å². The Hall–Kier alpha value is -1.64. The molecule has 112 valence electrons. The molecule has 0 aliphatic carbocycles. The Morgan fingerprint density at radius 3 is 2.45 bits per heavy atom. The molecule has 1 aromatic carbocycles. The molecule has 0 spiro atoms. The SMILES string of the molecule is CC(C)C(O)CNS(=O)(=O)c1ccc(C(=O)O)cc1N. The first kappa shape index (κ1) is 16.4. The van der Waals surface area contributed by atoms with Gasteiger partial charge in [0.1, 0.15) is 4.90 Å². The van der Waals surface area contributed by atoms with Gasteiger partial charge in [-0.3, -0.25) is 0 Å². The zero-order valence-corrected chi connectivity index (χ0v) is 12.0.